The van der Waals surface area contributed by atoms with Gasteiger partial charge in [-0.1, -0.05) is 12.1 Å². The Bertz CT molecular complexity index is 791. The van der Waals surface area contributed by atoms with E-state index in [1.165, 1.54) is 6.92 Å². The summed E-state index contributed by atoms with van der Waals surface area (Å²) in [6.45, 7) is 4.58. The van der Waals surface area contributed by atoms with Crippen molar-refractivity contribution in [1.29, 1.82) is 0 Å². The van der Waals surface area contributed by atoms with Crippen molar-refractivity contribution in [2.24, 2.45) is 0 Å². The van der Waals surface area contributed by atoms with Gasteiger partial charge in [0.1, 0.15) is 18.2 Å². The van der Waals surface area contributed by atoms with Crippen molar-refractivity contribution in [1.82, 2.24) is 0 Å². The van der Waals surface area contributed by atoms with E-state index < -0.39 is 23.4 Å². The summed E-state index contributed by atoms with van der Waals surface area (Å²) in [5, 5.41) is 2.71. The Hall–Kier alpha value is -2.76. The van der Waals surface area contributed by atoms with Crippen molar-refractivity contribution in [3.63, 3.8) is 0 Å². The predicted molar refractivity (Wildman–Crippen MR) is 88.9 cm³/mol. The standard InChI is InChI=1S/C18H18F2N2O2/c1-11-4-5-12(2)16(8-11)21-18(24)10-22(13(3)23)17-7-6-14(19)9-15(17)20/h4-9H,10H2,1-3H3,(H,21,24). The van der Waals surface area contributed by atoms with Gasteiger partial charge in [-0.25, -0.2) is 8.78 Å². The molecule has 2 amide bonds. The highest BCUT2D eigenvalue weighted by atomic mass is 19.1. The number of anilines is 2. The van der Waals surface area contributed by atoms with Crippen LogP contribution < -0.4 is 10.2 Å². The quantitative estimate of drug-likeness (QED) is 0.930. The summed E-state index contributed by atoms with van der Waals surface area (Å²) in [7, 11) is 0. The van der Waals surface area contributed by atoms with E-state index >= 15 is 0 Å². The zero-order valence-electron chi connectivity index (χ0n) is 13.7. The Kier molecular flexibility index (Phi) is 5.28. The van der Waals surface area contributed by atoms with E-state index in [0.717, 1.165) is 28.2 Å². The van der Waals surface area contributed by atoms with Gasteiger partial charge in [0.2, 0.25) is 11.8 Å². The van der Waals surface area contributed by atoms with Crippen molar-refractivity contribution in [2.45, 2.75) is 20.8 Å². The van der Waals surface area contributed by atoms with Crippen molar-refractivity contribution in [3.05, 3.63) is 59.2 Å². The lowest BCUT2D eigenvalue weighted by atomic mass is 10.1. The second-order valence-electron chi connectivity index (χ2n) is 5.57. The largest absolute Gasteiger partial charge is 0.324 e. The molecule has 0 spiro atoms. The Balaban J connectivity index is 2.20. The van der Waals surface area contributed by atoms with Gasteiger partial charge in [0, 0.05) is 18.7 Å². The molecule has 2 aromatic carbocycles. The number of carbonyl (C=O) groups excluding carboxylic acids is 2. The Labute approximate surface area is 139 Å². The first-order chi connectivity index (χ1) is 11.3. The minimum absolute atomic E-state index is 0.139. The number of halogens is 2. The highest BCUT2D eigenvalue weighted by molar-refractivity contribution is 6.02. The van der Waals surface area contributed by atoms with E-state index in [-0.39, 0.29) is 12.2 Å². The first kappa shape index (κ1) is 17.6. The molecule has 0 bridgehead atoms. The first-order valence-corrected chi connectivity index (χ1v) is 7.38. The molecule has 0 fully saturated rings. The number of hydrogen-bond acceptors (Lipinski definition) is 2. The van der Waals surface area contributed by atoms with Gasteiger partial charge in [-0.15, -0.1) is 0 Å². The summed E-state index contributed by atoms with van der Waals surface area (Å²) in [5.41, 5.74) is 2.34. The molecule has 2 aromatic rings. The summed E-state index contributed by atoms with van der Waals surface area (Å²) in [5.74, 6) is -2.64. The van der Waals surface area contributed by atoms with Crippen LogP contribution in [0.4, 0.5) is 20.2 Å². The van der Waals surface area contributed by atoms with E-state index in [1.54, 1.807) is 0 Å². The van der Waals surface area contributed by atoms with Crippen LogP contribution in [0.1, 0.15) is 18.1 Å². The predicted octanol–water partition coefficient (Wildman–Crippen LogP) is 3.57. The van der Waals surface area contributed by atoms with Gasteiger partial charge in [0.15, 0.2) is 0 Å². The van der Waals surface area contributed by atoms with Crippen LogP contribution in [-0.2, 0) is 9.59 Å². The van der Waals surface area contributed by atoms with Gasteiger partial charge < -0.3 is 10.2 Å². The fraction of sp³-hybridized carbons (Fsp3) is 0.222. The number of hydrogen-bond donors (Lipinski definition) is 1. The molecule has 0 saturated heterocycles. The molecule has 0 atom stereocenters. The van der Waals surface area contributed by atoms with E-state index in [0.29, 0.717) is 11.8 Å². The Morgan fingerprint density at radius 3 is 2.42 bits per heavy atom. The zero-order chi connectivity index (χ0) is 17.9. The Morgan fingerprint density at radius 1 is 1.08 bits per heavy atom. The third-order valence-corrected chi connectivity index (χ3v) is 3.55. The molecule has 0 aromatic heterocycles. The summed E-state index contributed by atoms with van der Waals surface area (Å²) >= 11 is 0. The lowest BCUT2D eigenvalue weighted by molar-refractivity contribution is -0.120. The third kappa shape index (κ3) is 4.16. The highest BCUT2D eigenvalue weighted by Crippen LogP contribution is 2.21. The van der Waals surface area contributed by atoms with E-state index in [4.69, 9.17) is 0 Å². The minimum Gasteiger partial charge on any atom is -0.324 e. The maximum absolute atomic E-state index is 13.9. The second kappa shape index (κ2) is 7.21. The van der Waals surface area contributed by atoms with Crippen LogP contribution in [0.2, 0.25) is 0 Å². The summed E-state index contributed by atoms with van der Waals surface area (Å²) < 4.78 is 26.9. The molecule has 6 heteroatoms. The molecule has 0 saturated carbocycles. The number of benzene rings is 2. The molecule has 0 unspecified atom stereocenters. The number of amides is 2. The molecular formula is C18H18F2N2O2. The number of nitrogens with zero attached hydrogens (tertiary/aromatic N) is 1. The molecule has 4 nitrogen and oxygen atoms in total. The molecule has 0 aliphatic heterocycles. The number of carbonyl (C=O) groups is 2. The van der Waals surface area contributed by atoms with Crippen molar-refractivity contribution in [2.75, 3.05) is 16.8 Å². The van der Waals surface area contributed by atoms with Crippen LogP contribution >= 0.6 is 0 Å². The summed E-state index contributed by atoms with van der Waals surface area (Å²) in [6, 6.07) is 8.44. The van der Waals surface area contributed by atoms with Gasteiger partial charge in [-0.3, -0.25) is 9.59 Å². The molecule has 1 N–H and O–H groups in total. The normalized spacial score (nSPS) is 10.4. The number of nitrogens with one attached hydrogen (secondary N) is 1. The van der Waals surface area contributed by atoms with Gasteiger partial charge >= 0.3 is 0 Å². The zero-order valence-corrected chi connectivity index (χ0v) is 13.7. The lowest BCUT2D eigenvalue weighted by Gasteiger charge is -2.21. The maximum atomic E-state index is 13.9. The smallest absolute Gasteiger partial charge is 0.244 e. The van der Waals surface area contributed by atoms with Crippen molar-refractivity contribution < 1.29 is 18.4 Å². The van der Waals surface area contributed by atoms with Crippen LogP contribution in [0, 0.1) is 25.5 Å². The first-order valence-electron chi connectivity index (χ1n) is 7.38. The maximum Gasteiger partial charge on any atom is 0.244 e. The summed E-state index contributed by atoms with van der Waals surface area (Å²) in [4.78, 5) is 25.0. The van der Waals surface area contributed by atoms with Crippen LogP contribution in [0.3, 0.4) is 0 Å². The van der Waals surface area contributed by atoms with Gasteiger partial charge in [0.05, 0.1) is 5.69 Å². The van der Waals surface area contributed by atoms with Gasteiger partial charge in [-0.05, 0) is 43.2 Å². The average molecular weight is 332 g/mol. The van der Waals surface area contributed by atoms with Crippen LogP contribution in [0.15, 0.2) is 36.4 Å². The molecule has 2 rings (SSSR count). The lowest BCUT2D eigenvalue weighted by Crippen LogP contribution is -2.37. The Morgan fingerprint density at radius 2 is 1.79 bits per heavy atom. The molecule has 126 valence electrons. The minimum atomic E-state index is -0.898. The topological polar surface area (TPSA) is 49.4 Å². The van der Waals surface area contributed by atoms with Gasteiger partial charge in [0.25, 0.3) is 0 Å². The fourth-order valence-corrected chi connectivity index (χ4v) is 2.27. The molecule has 0 aliphatic rings. The van der Waals surface area contributed by atoms with Crippen molar-refractivity contribution in [3.8, 4) is 0 Å². The molecule has 24 heavy (non-hydrogen) atoms. The highest BCUT2D eigenvalue weighted by Gasteiger charge is 2.20. The molecule has 0 aliphatic carbocycles. The van der Waals surface area contributed by atoms with Crippen LogP contribution in [0.5, 0.6) is 0 Å². The number of aryl methyl sites for hydroxylation is 2. The van der Waals surface area contributed by atoms with Crippen LogP contribution in [-0.4, -0.2) is 18.4 Å². The molecule has 0 heterocycles. The van der Waals surface area contributed by atoms with E-state index in [9.17, 15) is 18.4 Å². The SMILES string of the molecule is CC(=O)N(CC(=O)Nc1cc(C)ccc1C)c1ccc(F)cc1F. The van der Waals surface area contributed by atoms with E-state index in [2.05, 4.69) is 5.32 Å². The monoisotopic (exact) mass is 332 g/mol. The van der Waals surface area contributed by atoms with Crippen LogP contribution in [0.25, 0.3) is 0 Å². The number of rotatable bonds is 4. The summed E-state index contributed by atoms with van der Waals surface area (Å²) in [6.07, 6.45) is 0. The van der Waals surface area contributed by atoms with Crippen molar-refractivity contribution >= 4 is 23.2 Å². The van der Waals surface area contributed by atoms with E-state index in [1.807, 2.05) is 32.0 Å². The van der Waals surface area contributed by atoms with Gasteiger partial charge in [-0.2, -0.15) is 0 Å². The fourth-order valence-electron chi connectivity index (χ4n) is 2.27. The molecular weight excluding hydrogens is 314 g/mol. The average Bonchev–Trinajstić information content (AvgIpc) is 2.49. The molecule has 0 radical (unpaired) electrons. The third-order valence-electron chi connectivity index (χ3n) is 3.55. The second-order valence-corrected chi connectivity index (χ2v) is 5.57.